The van der Waals surface area contributed by atoms with Crippen molar-refractivity contribution in [1.29, 1.82) is 0 Å². The van der Waals surface area contributed by atoms with Crippen molar-refractivity contribution >= 4 is 17.6 Å². The highest BCUT2D eigenvalue weighted by Crippen LogP contribution is 2.52. The molecule has 1 amide bonds. The number of oxazole rings is 1. The number of amides is 1. The van der Waals surface area contributed by atoms with Crippen LogP contribution in [0.5, 0.6) is 5.75 Å². The molecule has 2 saturated carbocycles. The Balaban J connectivity index is 1.18. The Labute approximate surface area is 218 Å². The van der Waals surface area contributed by atoms with Gasteiger partial charge in [-0.3, -0.25) is 9.69 Å². The first-order chi connectivity index (χ1) is 17.9. The molecular weight excluding hydrogens is 471 g/mol. The maximum atomic E-state index is 15.1. The lowest BCUT2D eigenvalue weighted by Gasteiger charge is -2.49. The van der Waals surface area contributed by atoms with E-state index in [0.29, 0.717) is 40.7 Å². The first-order valence-corrected chi connectivity index (χ1v) is 14.1. The number of nitrogens with one attached hydrogen (secondary N) is 1. The number of carbonyl (C=O) groups excluding carboxylic acids is 1. The van der Waals surface area contributed by atoms with E-state index in [4.69, 9.17) is 9.15 Å². The van der Waals surface area contributed by atoms with Gasteiger partial charge in [-0.25, -0.2) is 4.39 Å². The summed E-state index contributed by atoms with van der Waals surface area (Å²) in [5, 5.41) is 2.87. The van der Waals surface area contributed by atoms with Crippen LogP contribution in [0.4, 0.5) is 16.1 Å². The largest absolute Gasteiger partial charge is 0.487 e. The highest BCUT2D eigenvalue weighted by Gasteiger charge is 2.47. The Kier molecular flexibility index (Phi) is 6.42. The number of anilines is 2. The smallest absolute Gasteiger partial charge is 0.298 e. The molecule has 0 bridgehead atoms. The van der Waals surface area contributed by atoms with E-state index in [1.165, 1.54) is 12.5 Å². The molecule has 2 unspecified atom stereocenters. The molecule has 4 fully saturated rings. The number of benzene rings is 1. The molecule has 8 heteroatoms. The van der Waals surface area contributed by atoms with Crippen LogP contribution in [0, 0.1) is 30.0 Å². The second-order valence-corrected chi connectivity index (χ2v) is 11.8. The average Bonchev–Trinajstić information content (AvgIpc) is 3.24. The van der Waals surface area contributed by atoms with Gasteiger partial charge in [0.25, 0.3) is 11.9 Å². The molecule has 1 aromatic heterocycles. The summed E-state index contributed by atoms with van der Waals surface area (Å²) in [5.41, 5.74) is 1.67. The number of halogens is 1. The lowest BCUT2D eigenvalue weighted by atomic mass is 9.75. The summed E-state index contributed by atoms with van der Waals surface area (Å²) >= 11 is 0. The molecule has 2 saturated heterocycles. The molecule has 3 heterocycles. The van der Waals surface area contributed by atoms with Crippen LogP contribution in [0.25, 0.3) is 0 Å². The van der Waals surface area contributed by atoms with E-state index in [9.17, 15) is 4.79 Å². The summed E-state index contributed by atoms with van der Waals surface area (Å²) in [5.74, 6) is 1.61. The van der Waals surface area contributed by atoms with Crippen LogP contribution in [0.15, 0.2) is 16.5 Å². The normalized spacial score (nSPS) is 26.2. The second-order valence-electron chi connectivity index (χ2n) is 11.8. The topological polar surface area (TPSA) is 70.8 Å². The van der Waals surface area contributed by atoms with E-state index < -0.39 is 5.82 Å². The second kappa shape index (κ2) is 9.61. The molecule has 0 radical (unpaired) electrons. The van der Waals surface area contributed by atoms with Crippen LogP contribution in [0.2, 0.25) is 0 Å². The molecule has 37 heavy (non-hydrogen) atoms. The molecule has 200 valence electrons. The average molecular weight is 511 g/mol. The number of aryl methyl sites for hydroxylation is 1. The Hall–Kier alpha value is -2.61. The predicted molar refractivity (Wildman–Crippen MR) is 141 cm³/mol. The van der Waals surface area contributed by atoms with Crippen LogP contribution < -0.4 is 15.0 Å². The first kappa shape index (κ1) is 24.7. The summed E-state index contributed by atoms with van der Waals surface area (Å²) in [6, 6.07) is 3.64. The van der Waals surface area contributed by atoms with E-state index >= 15 is 4.39 Å². The summed E-state index contributed by atoms with van der Waals surface area (Å²) < 4.78 is 27.3. The third kappa shape index (κ3) is 4.85. The summed E-state index contributed by atoms with van der Waals surface area (Å²) in [4.78, 5) is 22.5. The van der Waals surface area contributed by atoms with Gasteiger partial charge in [-0.05, 0) is 88.4 Å². The van der Waals surface area contributed by atoms with Crippen molar-refractivity contribution in [2.75, 3.05) is 36.4 Å². The molecule has 1 N–H and O–H groups in total. The molecule has 2 aliphatic carbocycles. The summed E-state index contributed by atoms with van der Waals surface area (Å²) in [6.45, 7) is 10.6. The number of ether oxygens (including phenoxy) is 1. The Bertz CT molecular complexity index is 1130. The van der Waals surface area contributed by atoms with Crippen molar-refractivity contribution in [3.05, 3.63) is 35.0 Å². The van der Waals surface area contributed by atoms with Gasteiger partial charge in [-0.1, -0.05) is 13.8 Å². The highest BCUT2D eigenvalue weighted by atomic mass is 19.1. The van der Waals surface area contributed by atoms with Gasteiger partial charge in [-0.2, -0.15) is 4.98 Å². The fourth-order valence-electron chi connectivity index (χ4n) is 6.56. The van der Waals surface area contributed by atoms with E-state index in [2.05, 4.69) is 33.9 Å². The Morgan fingerprint density at radius 2 is 1.86 bits per heavy atom. The number of hydrogen-bond donors (Lipinski definition) is 1. The van der Waals surface area contributed by atoms with Gasteiger partial charge in [0.05, 0.1) is 12.6 Å². The molecule has 2 atom stereocenters. The van der Waals surface area contributed by atoms with Gasteiger partial charge in [0.15, 0.2) is 23.0 Å². The van der Waals surface area contributed by atoms with Crippen LogP contribution in [0.1, 0.15) is 80.6 Å². The number of carbonyl (C=O) groups is 1. The van der Waals surface area contributed by atoms with Gasteiger partial charge in [0, 0.05) is 30.3 Å². The lowest BCUT2D eigenvalue weighted by molar-refractivity contribution is 0.101. The number of aromatic nitrogens is 1. The first-order valence-electron chi connectivity index (χ1n) is 14.1. The molecule has 0 spiro atoms. The van der Waals surface area contributed by atoms with Crippen molar-refractivity contribution in [2.24, 2.45) is 17.3 Å². The predicted octanol–water partition coefficient (Wildman–Crippen LogP) is 5.77. The highest BCUT2D eigenvalue weighted by molar-refractivity contribution is 6.03. The van der Waals surface area contributed by atoms with Crippen molar-refractivity contribution in [2.45, 2.75) is 78.4 Å². The van der Waals surface area contributed by atoms with Gasteiger partial charge in [0.2, 0.25) is 0 Å². The fourth-order valence-corrected chi connectivity index (χ4v) is 6.56. The Morgan fingerprint density at radius 1 is 1.16 bits per heavy atom. The molecule has 1 aromatic carbocycles. The number of rotatable bonds is 9. The molecule has 2 aliphatic heterocycles. The van der Waals surface area contributed by atoms with Gasteiger partial charge >= 0.3 is 0 Å². The fraction of sp³-hybridized carbons (Fsp3) is 0.655. The van der Waals surface area contributed by atoms with Crippen molar-refractivity contribution < 1.29 is 18.3 Å². The Morgan fingerprint density at radius 3 is 2.51 bits per heavy atom. The summed E-state index contributed by atoms with van der Waals surface area (Å²) in [7, 11) is 0. The third-order valence-corrected chi connectivity index (χ3v) is 9.26. The van der Waals surface area contributed by atoms with E-state index in [-0.39, 0.29) is 17.7 Å². The van der Waals surface area contributed by atoms with Crippen LogP contribution in [-0.4, -0.2) is 48.1 Å². The minimum absolute atomic E-state index is 0.0970. The standard InChI is InChI=1S/C29H39FN4O3/c1-4-29(5-2)16-34(17-29)28-32-25(24(37-28)15-33-8-6-7-9-33)27(35)31-21-10-18(3)26(23(30)14-21)36-22-12-19-11-20(19)13-22/h10,14,19-20,22H,4-9,11-13,15-17H2,1-3H3,(H,31,35). The monoisotopic (exact) mass is 510 g/mol. The van der Waals surface area contributed by atoms with E-state index in [1.54, 1.807) is 6.07 Å². The summed E-state index contributed by atoms with van der Waals surface area (Å²) in [6.07, 6.45) is 7.96. The van der Waals surface area contributed by atoms with Crippen LogP contribution >= 0.6 is 0 Å². The zero-order chi connectivity index (χ0) is 25.7. The van der Waals surface area contributed by atoms with Crippen molar-refractivity contribution in [3.63, 3.8) is 0 Å². The molecule has 4 aliphatic rings. The van der Waals surface area contributed by atoms with Crippen LogP contribution in [-0.2, 0) is 6.54 Å². The number of fused-ring (bicyclic) bond motifs is 1. The minimum atomic E-state index is -0.440. The maximum absolute atomic E-state index is 15.1. The van der Waals surface area contributed by atoms with Crippen molar-refractivity contribution in [3.8, 4) is 5.75 Å². The molecule has 7 nitrogen and oxygen atoms in total. The quantitative estimate of drug-likeness (QED) is 0.462. The number of nitrogens with zero attached hydrogens (tertiary/aromatic N) is 3. The van der Waals surface area contributed by atoms with E-state index in [1.807, 2.05) is 6.92 Å². The number of hydrogen-bond acceptors (Lipinski definition) is 6. The molecule has 2 aromatic rings. The van der Waals surface area contributed by atoms with Gasteiger partial charge in [0.1, 0.15) is 0 Å². The van der Waals surface area contributed by atoms with Crippen molar-refractivity contribution in [1.82, 2.24) is 9.88 Å². The zero-order valence-electron chi connectivity index (χ0n) is 22.3. The van der Waals surface area contributed by atoms with E-state index in [0.717, 1.165) is 76.5 Å². The molecular formula is C29H39FN4O3. The number of likely N-dealkylation sites (tertiary alicyclic amines) is 1. The van der Waals surface area contributed by atoms with Crippen LogP contribution in [0.3, 0.4) is 0 Å². The van der Waals surface area contributed by atoms with Gasteiger partial charge in [-0.15, -0.1) is 0 Å². The SMILES string of the molecule is CCC1(CC)CN(c2nc(C(=O)Nc3cc(C)c(OC4CC5CC5C4)c(F)c3)c(CN3CCCC3)o2)C1. The zero-order valence-corrected chi connectivity index (χ0v) is 22.3. The maximum Gasteiger partial charge on any atom is 0.298 e. The third-order valence-electron chi connectivity index (χ3n) is 9.26. The minimum Gasteiger partial charge on any atom is -0.487 e. The lowest BCUT2D eigenvalue weighted by Crippen LogP contribution is -2.56. The molecule has 6 rings (SSSR count). The van der Waals surface area contributed by atoms with Gasteiger partial charge < -0.3 is 19.4 Å².